The highest BCUT2D eigenvalue weighted by molar-refractivity contribution is 5.74. The van der Waals surface area contributed by atoms with E-state index >= 15 is 0 Å². The molecule has 0 aromatic carbocycles. The van der Waals surface area contributed by atoms with Crippen molar-refractivity contribution in [2.45, 2.75) is 26.2 Å². The summed E-state index contributed by atoms with van der Waals surface area (Å²) in [6, 6.07) is 3.77. The largest absolute Gasteiger partial charge is 0.480 e. The third-order valence-electron chi connectivity index (χ3n) is 2.55. The van der Waals surface area contributed by atoms with Crippen LogP contribution in [0.15, 0.2) is 6.07 Å². The molecule has 18 heavy (non-hydrogen) atoms. The van der Waals surface area contributed by atoms with Gasteiger partial charge in [-0.05, 0) is 17.5 Å². The van der Waals surface area contributed by atoms with Gasteiger partial charge in [-0.25, -0.2) is 4.98 Å². The highest BCUT2D eigenvalue weighted by Gasteiger charge is 2.17. The second-order valence-electron chi connectivity index (χ2n) is 4.11. The van der Waals surface area contributed by atoms with Crippen molar-refractivity contribution in [3.05, 3.63) is 22.9 Å². The first-order valence-corrected chi connectivity index (χ1v) is 5.58. The van der Waals surface area contributed by atoms with Crippen molar-refractivity contribution in [2.24, 2.45) is 0 Å². The van der Waals surface area contributed by atoms with E-state index in [1.54, 1.807) is 6.07 Å². The van der Waals surface area contributed by atoms with Crippen LogP contribution < -0.4 is 4.74 Å². The molecule has 0 saturated carbocycles. The maximum atomic E-state index is 11.3. The Bertz CT molecular complexity index is 490. The summed E-state index contributed by atoms with van der Waals surface area (Å²) in [7, 11) is 2.77. The zero-order valence-corrected chi connectivity index (χ0v) is 11.0. The Morgan fingerprint density at radius 2 is 2.17 bits per heavy atom. The molecule has 0 aliphatic rings. The van der Waals surface area contributed by atoms with Crippen molar-refractivity contribution >= 4 is 5.97 Å². The quantitative estimate of drug-likeness (QED) is 0.760. The molecule has 0 N–H and O–H groups in total. The number of nitriles is 1. The maximum absolute atomic E-state index is 11.3. The molecule has 5 heteroatoms. The van der Waals surface area contributed by atoms with Crippen molar-refractivity contribution in [3.63, 3.8) is 0 Å². The molecule has 1 aromatic heterocycles. The highest BCUT2D eigenvalue weighted by atomic mass is 16.5. The van der Waals surface area contributed by atoms with Gasteiger partial charge in [0.1, 0.15) is 11.6 Å². The standard InChI is InChI=1S/C13H16N2O3/c1-8(2)11-5-9(6-12(16)17-3)10(7-14)13(15-11)18-4/h5,8H,6H2,1-4H3. The summed E-state index contributed by atoms with van der Waals surface area (Å²) in [5.74, 6) is 0.0418. The fraction of sp³-hybridized carbons (Fsp3) is 0.462. The summed E-state index contributed by atoms with van der Waals surface area (Å²) in [6.07, 6.45) is 0.0397. The van der Waals surface area contributed by atoms with Gasteiger partial charge in [0, 0.05) is 5.69 Å². The van der Waals surface area contributed by atoms with Crippen LogP contribution >= 0.6 is 0 Å². The number of hydrogen-bond donors (Lipinski definition) is 0. The molecule has 1 rings (SSSR count). The summed E-state index contributed by atoms with van der Waals surface area (Å²) >= 11 is 0. The fourth-order valence-electron chi connectivity index (χ4n) is 1.52. The third kappa shape index (κ3) is 2.98. The Labute approximate surface area is 106 Å². The first kappa shape index (κ1) is 14.0. The predicted octanol–water partition coefficient (Wildman–Crippen LogP) is 1.80. The normalized spacial score (nSPS) is 10.0. The van der Waals surface area contributed by atoms with Gasteiger partial charge in [-0.3, -0.25) is 4.79 Å². The number of aromatic nitrogens is 1. The lowest BCUT2D eigenvalue weighted by atomic mass is 10.0. The fourth-order valence-corrected chi connectivity index (χ4v) is 1.52. The van der Waals surface area contributed by atoms with Gasteiger partial charge in [0.05, 0.1) is 20.6 Å². The molecule has 0 unspecified atom stereocenters. The van der Waals surface area contributed by atoms with E-state index in [0.29, 0.717) is 5.56 Å². The molecule has 0 spiro atoms. The van der Waals surface area contributed by atoms with E-state index < -0.39 is 5.97 Å². The molecule has 0 bridgehead atoms. The van der Waals surface area contributed by atoms with Crippen LogP contribution in [0.4, 0.5) is 0 Å². The number of carbonyl (C=O) groups excluding carboxylic acids is 1. The minimum Gasteiger partial charge on any atom is -0.480 e. The van der Waals surface area contributed by atoms with E-state index in [1.807, 2.05) is 19.9 Å². The Kier molecular flexibility index (Phi) is 4.67. The second kappa shape index (κ2) is 6.01. The first-order valence-electron chi connectivity index (χ1n) is 5.58. The van der Waals surface area contributed by atoms with Gasteiger partial charge in [-0.1, -0.05) is 13.8 Å². The average Bonchev–Trinajstić information content (AvgIpc) is 2.37. The molecule has 96 valence electrons. The average molecular weight is 248 g/mol. The molecule has 0 aliphatic heterocycles. The Morgan fingerprint density at radius 3 is 2.61 bits per heavy atom. The topological polar surface area (TPSA) is 72.2 Å². The SMILES string of the molecule is COC(=O)Cc1cc(C(C)C)nc(OC)c1C#N. The predicted molar refractivity (Wildman–Crippen MR) is 65.3 cm³/mol. The van der Waals surface area contributed by atoms with E-state index in [2.05, 4.69) is 9.72 Å². The first-order chi connectivity index (χ1) is 8.53. The van der Waals surface area contributed by atoms with Gasteiger partial charge in [-0.15, -0.1) is 0 Å². The molecule has 0 atom stereocenters. The van der Waals surface area contributed by atoms with Crippen LogP contribution in [0.2, 0.25) is 0 Å². The molecule has 1 aromatic rings. The van der Waals surface area contributed by atoms with Crippen molar-refractivity contribution < 1.29 is 14.3 Å². The Hall–Kier alpha value is -2.09. The van der Waals surface area contributed by atoms with E-state index in [4.69, 9.17) is 10.00 Å². The van der Waals surface area contributed by atoms with Crippen molar-refractivity contribution in [1.29, 1.82) is 5.26 Å². The summed E-state index contributed by atoms with van der Waals surface area (Å²) in [5, 5.41) is 9.12. The second-order valence-corrected chi connectivity index (χ2v) is 4.11. The van der Waals surface area contributed by atoms with Gasteiger partial charge < -0.3 is 9.47 Å². The molecule has 0 fully saturated rings. The summed E-state index contributed by atoms with van der Waals surface area (Å²) in [4.78, 5) is 15.6. The Morgan fingerprint density at radius 1 is 1.50 bits per heavy atom. The number of ether oxygens (including phenoxy) is 2. The molecule has 0 aliphatic carbocycles. The van der Waals surface area contributed by atoms with Gasteiger partial charge in [0.15, 0.2) is 0 Å². The summed E-state index contributed by atoms with van der Waals surface area (Å²) in [5.41, 5.74) is 1.65. The number of carbonyl (C=O) groups is 1. The smallest absolute Gasteiger partial charge is 0.310 e. The highest BCUT2D eigenvalue weighted by Crippen LogP contribution is 2.24. The lowest BCUT2D eigenvalue weighted by molar-refractivity contribution is -0.139. The summed E-state index contributed by atoms with van der Waals surface area (Å²) < 4.78 is 9.72. The molecular formula is C13H16N2O3. The molecular weight excluding hydrogens is 232 g/mol. The lowest BCUT2D eigenvalue weighted by Crippen LogP contribution is -2.09. The van der Waals surface area contributed by atoms with Crippen LogP contribution in [0, 0.1) is 11.3 Å². The van der Waals surface area contributed by atoms with Crippen LogP contribution in [0.1, 0.15) is 36.6 Å². The summed E-state index contributed by atoms with van der Waals surface area (Å²) in [6.45, 7) is 3.96. The minimum atomic E-state index is -0.394. The van der Waals surface area contributed by atoms with E-state index in [0.717, 1.165) is 5.69 Å². The monoisotopic (exact) mass is 248 g/mol. The zero-order chi connectivity index (χ0) is 13.7. The minimum absolute atomic E-state index is 0.0397. The van der Waals surface area contributed by atoms with Crippen LogP contribution in [-0.4, -0.2) is 25.2 Å². The number of rotatable bonds is 4. The number of esters is 1. The van der Waals surface area contributed by atoms with Crippen LogP contribution in [-0.2, 0) is 16.0 Å². The lowest BCUT2D eigenvalue weighted by Gasteiger charge is -2.12. The Balaban J connectivity index is 3.32. The van der Waals surface area contributed by atoms with E-state index in [1.165, 1.54) is 14.2 Å². The maximum Gasteiger partial charge on any atom is 0.310 e. The van der Waals surface area contributed by atoms with Crippen molar-refractivity contribution in [2.75, 3.05) is 14.2 Å². The van der Waals surface area contributed by atoms with Gasteiger partial charge in [-0.2, -0.15) is 5.26 Å². The van der Waals surface area contributed by atoms with Crippen LogP contribution in [0.25, 0.3) is 0 Å². The van der Waals surface area contributed by atoms with Crippen molar-refractivity contribution in [3.8, 4) is 11.9 Å². The molecule has 0 saturated heterocycles. The van der Waals surface area contributed by atoms with E-state index in [9.17, 15) is 4.79 Å². The number of methoxy groups -OCH3 is 2. The van der Waals surface area contributed by atoms with Crippen molar-refractivity contribution in [1.82, 2.24) is 4.98 Å². The molecule has 0 radical (unpaired) electrons. The number of nitrogens with zero attached hydrogens (tertiary/aromatic N) is 2. The zero-order valence-electron chi connectivity index (χ0n) is 11.0. The van der Waals surface area contributed by atoms with E-state index in [-0.39, 0.29) is 23.8 Å². The van der Waals surface area contributed by atoms with Gasteiger partial charge in [0.25, 0.3) is 0 Å². The molecule has 5 nitrogen and oxygen atoms in total. The number of pyridine rings is 1. The number of hydrogen-bond acceptors (Lipinski definition) is 5. The van der Waals surface area contributed by atoms with Gasteiger partial charge in [0.2, 0.25) is 5.88 Å². The van der Waals surface area contributed by atoms with Crippen LogP contribution in [0.5, 0.6) is 5.88 Å². The van der Waals surface area contributed by atoms with Crippen LogP contribution in [0.3, 0.4) is 0 Å². The molecule has 1 heterocycles. The third-order valence-corrected chi connectivity index (χ3v) is 2.55. The molecule has 0 amide bonds. The van der Waals surface area contributed by atoms with Gasteiger partial charge >= 0.3 is 5.97 Å².